The molecule has 1 N–H and O–H groups in total. The van der Waals surface area contributed by atoms with Crippen molar-refractivity contribution in [3.05, 3.63) is 30.3 Å². The molecule has 148 valence electrons. The van der Waals surface area contributed by atoms with E-state index in [-0.39, 0.29) is 5.54 Å². The summed E-state index contributed by atoms with van der Waals surface area (Å²) in [5.41, 5.74) is 1.52. The Balaban J connectivity index is 1.40. The fraction of sp³-hybridized carbons (Fsp3) is 0.667. The van der Waals surface area contributed by atoms with Gasteiger partial charge in [0.15, 0.2) is 5.96 Å². The summed E-state index contributed by atoms with van der Waals surface area (Å²) in [6.45, 7) is 9.13. The van der Waals surface area contributed by atoms with E-state index in [4.69, 9.17) is 9.73 Å². The molecule has 1 aromatic rings. The van der Waals surface area contributed by atoms with Crippen molar-refractivity contribution < 1.29 is 4.74 Å². The van der Waals surface area contributed by atoms with Gasteiger partial charge in [-0.1, -0.05) is 18.2 Å². The van der Waals surface area contributed by atoms with E-state index >= 15 is 0 Å². The van der Waals surface area contributed by atoms with Crippen LogP contribution in [0.25, 0.3) is 0 Å². The minimum absolute atomic E-state index is 0.182. The minimum Gasteiger partial charge on any atom is -0.381 e. The molecule has 0 atom stereocenters. The Morgan fingerprint density at radius 1 is 1.04 bits per heavy atom. The molecule has 27 heavy (non-hydrogen) atoms. The quantitative estimate of drug-likeness (QED) is 0.872. The van der Waals surface area contributed by atoms with E-state index in [1.807, 2.05) is 0 Å². The molecule has 0 aliphatic carbocycles. The molecule has 0 radical (unpaired) electrons. The lowest BCUT2D eigenvalue weighted by Gasteiger charge is -2.50. The Labute approximate surface area is 163 Å². The van der Waals surface area contributed by atoms with Gasteiger partial charge in [0.1, 0.15) is 0 Å². The standard InChI is InChI=1S/C21H33N5O/c1-24-11-5-10-22-20(24)23-18-21(8-16-27-17-9-21)26-14-12-25(13-15-26)19-6-3-2-4-7-19/h2-4,6-7H,5,8-18H2,1H3,(H,22,23). The molecule has 3 aliphatic rings. The molecule has 0 saturated carbocycles. The number of guanidine groups is 1. The van der Waals surface area contributed by atoms with Crippen molar-refractivity contribution in [2.24, 2.45) is 4.99 Å². The Bertz CT molecular complexity index is 621. The number of hydrogen-bond donors (Lipinski definition) is 1. The summed E-state index contributed by atoms with van der Waals surface area (Å²) in [7, 11) is 2.14. The molecule has 0 amide bonds. The maximum atomic E-state index is 5.71. The van der Waals surface area contributed by atoms with Gasteiger partial charge in [-0.05, 0) is 31.4 Å². The summed E-state index contributed by atoms with van der Waals surface area (Å²) in [6, 6.07) is 10.8. The predicted octanol–water partition coefficient (Wildman–Crippen LogP) is 1.64. The fourth-order valence-electron chi connectivity index (χ4n) is 4.59. The minimum atomic E-state index is 0.182. The maximum Gasteiger partial charge on any atom is 0.193 e. The average Bonchev–Trinajstić information content (AvgIpc) is 2.75. The van der Waals surface area contributed by atoms with Gasteiger partial charge in [0.05, 0.1) is 0 Å². The third-order valence-corrected chi connectivity index (χ3v) is 6.35. The molecule has 0 unspecified atom stereocenters. The van der Waals surface area contributed by atoms with Crippen molar-refractivity contribution in [2.45, 2.75) is 24.8 Å². The molecular formula is C21H33N5O. The van der Waals surface area contributed by atoms with Crippen LogP contribution in [0.5, 0.6) is 0 Å². The molecule has 3 heterocycles. The van der Waals surface area contributed by atoms with Crippen LogP contribution in [0.2, 0.25) is 0 Å². The summed E-state index contributed by atoms with van der Waals surface area (Å²) in [5, 5.41) is 3.69. The van der Waals surface area contributed by atoms with E-state index in [1.165, 1.54) is 5.69 Å². The van der Waals surface area contributed by atoms with Crippen molar-refractivity contribution >= 4 is 11.6 Å². The van der Waals surface area contributed by atoms with E-state index in [1.54, 1.807) is 0 Å². The van der Waals surface area contributed by atoms with Gasteiger partial charge in [0.25, 0.3) is 0 Å². The molecule has 3 aliphatic heterocycles. The first-order valence-corrected chi connectivity index (χ1v) is 10.4. The van der Waals surface area contributed by atoms with E-state index in [9.17, 15) is 0 Å². The Kier molecular flexibility index (Phi) is 5.83. The first-order chi connectivity index (χ1) is 13.3. The number of hydrogen-bond acceptors (Lipinski definition) is 6. The van der Waals surface area contributed by atoms with Gasteiger partial charge >= 0.3 is 0 Å². The number of piperazine rings is 1. The highest BCUT2D eigenvalue weighted by molar-refractivity contribution is 5.80. The Morgan fingerprint density at radius 2 is 1.78 bits per heavy atom. The SMILES string of the molecule is CN1CCCN=C1NCC1(N2CCN(c3ccccc3)CC2)CCOCC1. The van der Waals surface area contributed by atoms with E-state index in [0.29, 0.717) is 0 Å². The molecule has 2 saturated heterocycles. The fourth-order valence-corrected chi connectivity index (χ4v) is 4.59. The molecule has 0 aromatic heterocycles. The van der Waals surface area contributed by atoms with Crippen LogP contribution in [0.1, 0.15) is 19.3 Å². The summed E-state index contributed by atoms with van der Waals surface area (Å²) in [4.78, 5) is 12.2. The smallest absolute Gasteiger partial charge is 0.193 e. The van der Waals surface area contributed by atoms with Gasteiger partial charge in [-0.3, -0.25) is 9.89 Å². The van der Waals surface area contributed by atoms with Gasteiger partial charge in [-0.25, -0.2) is 0 Å². The Morgan fingerprint density at radius 3 is 2.48 bits per heavy atom. The van der Waals surface area contributed by atoms with E-state index < -0.39 is 0 Å². The van der Waals surface area contributed by atoms with Crippen molar-refractivity contribution in [2.75, 3.05) is 71.0 Å². The lowest BCUT2D eigenvalue weighted by atomic mass is 9.87. The lowest BCUT2D eigenvalue weighted by molar-refractivity contribution is -0.0287. The van der Waals surface area contributed by atoms with Crippen LogP contribution < -0.4 is 10.2 Å². The first kappa shape index (κ1) is 18.6. The van der Waals surface area contributed by atoms with Crippen LogP contribution in [0.15, 0.2) is 35.3 Å². The molecular weight excluding hydrogens is 338 g/mol. The van der Waals surface area contributed by atoms with Crippen LogP contribution in [-0.2, 0) is 4.74 Å². The van der Waals surface area contributed by atoms with Gasteiger partial charge in [0.2, 0.25) is 0 Å². The first-order valence-electron chi connectivity index (χ1n) is 10.4. The second-order valence-corrected chi connectivity index (χ2v) is 7.98. The van der Waals surface area contributed by atoms with Crippen molar-refractivity contribution in [3.63, 3.8) is 0 Å². The highest BCUT2D eigenvalue weighted by Crippen LogP contribution is 2.29. The monoisotopic (exact) mass is 371 g/mol. The molecule has 4 rings (SSSR count). The molecule has 1 aromatic carbocycles. The normalized spacial score (nSPS) is 23.8. The number of anilines is 1. The lowest BCUT2D eigenvalue weighted by Crippen LogP contribution is -2.63. The van der Waals surface area contributed by atoms with Gasteiger partial charge in [0, 0.05) is 77.3 Å². The largest absolute Gasteiger partial charge is 0.381 e. The molecule has 0 bridgehead atoms. The Hall–Kier alpha value is -1.79. The van der Waals surface area contributed by atoms with Crippen LogP contribution in [-0.4, -0.2) is 87.4 Å². The second-order valence-electron chi connectivity index (χ2n) is 7.98. The van der Waals surface area contributed by atoms with E-state index in [2.05, 4.69) is 57.4 Å². The van der Waals surface area contributed by atoms with Crippen molar-refractivity contribution in [3.8, 4) is 0 Å². The van der Waals surface area contributed by atoms with Gasteiger partial charge in [-0.2, -0.15) is 0 Å². The molecule has 6 nitrogen and oxygen atoms in total. The summed E-state index contributed by atoms with van der Waals surface area (Å²) in [5.74, 6) is 1.06. The highest BCUT2D eigenvalue weighted by atomic mass is 16.5. The number of nitrogens with zero attached hydrogens (tertiary/aromatic N) is 4. The predicted molar refractivity (Wildman–Crippen MR) is 111 cm³/mol. The summed E-state index contributed by atoms with van der Waals surface area (Å²) in [6.07, 6.45) is 3.35. The van der Waals surface area contributed by atoms with Crippen molar-refractivity contribution in [1.82, 2.24) is 15.1 Å². The average molecular weight is 372 g/mol. The van der Waals surface area contributed by atoms with Crippen LogP contribution >= 0.6 is 0 Å². The molecule has 2 fully saturated rings. The van der Waals surface area contributed by atoms with Crippen molar-refractivity contribution in [1.29, 1.82) is 0 Å². The zero-order chi connectivity index (χ0) is 18.5. The van der Waals surface area contributed by atoms with E-state index in [0.717, 1.165) is 84.2 Å². The highest BCUT2D eigenvalue weighted by Gasteiger charge is 2.40. The van der Waals surface area contributed by atoms with Gasteiger partial charge in [-0.15, -0.1) is 0 Å². The number of nitrogens with one attached hydrogen (secondary N) is 1. The van der Waals surface area contributed by atoms with Gasteiger partial charge < -0.3 is 19.9 Å². The zero-order valence-corrected chi connectivity index (χ0v) is 16.6. The molecule has 0 spiro atoms. The topological polar surface area (TPSA) is 43.3 Å². The third-order valence-electron chi connectivity index (χ3n) is 6.35. The number of para-hydroxylation sites is 1. The summed E-state index contributed by atoms with van der Waals surface area (Å²) < 4.78 is 5.71. The second kappa shape index (κ2) is 8.48. The molecule has 6 heteroatoms. The number of ether oxygens (including phenoxy) is 1. The number of benzene rings is 1. The third kappa shape index (κ3) is 4.22. The zero-order valence-electron chi connectivity index (χ0n) is 16.6. The summed E-state index contributed by atoms with van der Waals surface area (Å²) >= 11 is 0. The van der Waals surface area contributed by atoms with Crippen LogP contribution in [0, 0.1) is 0 Å². The van der Waals surface area contributed by atoms with Crippen LogP contribution in [0.4, 0.5) is 5.69 Å². The van der Waals surface area contributed by atoms with Crippen LogP contribution in [0.3, 0.4) is 0 Å². The maximum absolute atomic E-state index is 5.71. The number of rotatable bonds is 4. The number of aliphatic imine (C=N–C) groups is 1.